The van der Waals surface area contributed by atoms with E-state index in [1.54, 1.807) is 36.4 Å². The summed E-state index contributed by atoms with van der Waals surface area (Å²) in [6, 6.07) is 20.5. The molecule has 0 spiro atoms. The summed E-state index contributed by atoms with van der Waals surface area (Å²) in [4.78, 5) is 19.2. The molecule has 0 aliphatic rings. The van der Waals surface area contributed by atoms with Crippen LogP contribution >= 0.6 is 0 Å². The number of amides is 1. The van der Waals surface area contributed by atoms with Crippen LogP contribution in [0.15, 0.2) is 72.8 Å². The Labute approximate surface area is 212 Å². The van der Waals surface area contributed by atoms with Gasteiger partial charge in [-0.25, -0.2) is 26.5 Å². The molecule has 0 atom stereocenters. The van der Waals surface area contributed by atoms with Gasteiger partial charge in [0.1, 0.15) is 11.0 Å². The average Bonchev–Trinajstić information content (AvgIpc) is 3.27. The number of rotatable bonds is 6. The Hall–Kier alpha value is -4.36. The van der Waals surface area contributed by atoms with Crippen molar-refractivity contribution in [3.8, 4) is 16.9 Å². The molecule has 0 saturated carbocycles. The first-order valence-corrected chi connectivity index (χ1v) is 14.6. The summed E-state index contributed by atoms with van der Waals surface area (Å²) in [6.07, 6.45) is 1.94. The number of hydrogen-bond acceptors (Lipinski definition) is 8. The van der Waals surface area contributed by atoms with Crippen molar-refractivity contribution in [3.05, 3.63) is 78.4 Å². The van der Waals surface area contributed by atoms with Gasteiger partial charge in [-0.3, -0.25) is 9.52 Å². The summed E-state index contributed by atoms with van der Waals surface area (Å²) in [6.45, 7) is 0. The van der Waals surface area contributed by atoms with Gasteiger partial charge in [-0.2, -0.15) is 4.80 Å². The molecule has 0 saturated heterocycles. The average molecular weight is 537 g/mol. The standard InChI is InChI=1S/C24H20N6O5S2/c1-36(32,33)28-16-10-8-15(9-11-16)21-14-18(24(31)29-37(2,34)35)22-19(25-21)12-13-20-23(22)27-30(26-20)17-6-4-3-5-7-17/h3-14,28H,1-2H3,(H,29,31). The molecule has 0 aliphatic heterocycles. The summed E-state index contributed by atoms with van der Waals surface area (Å²) in [7, 11) is -7.31. The number of fused-ring (bicyclic) bond motifs is 3. The minimum atomic E-state index is -3.86. The summed E-state index contributed by atoms with van der Waals surface area (Å²) in [5.41, 5.74) is 3.37. The molecule has 1 amide bonds. The van der Waals surface area contributed by atoms with Crippen molar-refractivity contribution >= 4 is 53.6 Å². The predicted molar refractivity (Wildman–Crippen MR) is 140 cm³/mol. The monoisotopic (exact) mass is 536 g/mol. The van der Waals surface area contributed by atoms with Crippen LogP contribution in [0.1, 0.15) is 10.4 Å². The van der Waals surface area contributed by atoms with Crippen LogP contribution in [0.4, 0.5) is 5.69 Å². The van der Waals surface area contributed by atoms with E-state index < -0.39 is 26.0 Å². The minimum absolute atomic E-state index is 0.0504. The maximum Gasteiger partial charge on any atom is 0.265 e. The SMILES string of the molecule is CS(=O)(=O)NC(=O)c1cc(-c2ccc(NS(C)(=O)=O)cc2)nc2ccc3nn(-c4ccccc4)nc3c12. The van der Waals surface area contributed by atoms with Crippen molar-refractivity contribution in [2.24, 2.45) is 0 Å². The lowest BCUT2D eigenvalue weighted by Gasteiger charge is -2.11. The van der Waals surface area contributed by atoms with Crippen LogP contribution < -0.4 is 9.44 Å². The fourth-order valence-electron chi connectivity index (χ4n) is 3.85. The molecule has 11 nitrogen and oxygen atoms in total. The molecule has 0 unspecified atom stereocenters. The lowest BCUT2D eigenvalue weighted by Crippen LogP contribution is -2.29. The van der Waals surface area contributed by atoms with E-state index in [1.807, 2.05) is 35.1 Å². The molecule has 0 radical (unpaired) electrons. The summed E-state index contributed by atoms with van der Waals surface area (Å²) < 4.78 is 51.2. The Balaban J connectivity index is 1.70. The summed E-state index contributed by atoms with van der Waals surface area (Å²) in [5.74, 6) is -0.840. The number of aromatic nitrogens is 4. The van der Waals surface area contributed by atoms with Gasteiger partial charge in [0.05, 0.1) is 35.0 Å². The number of pyridine rings is 1. The van der Waals surface area contributed by atoms with Crippen molar-refractivity contribution in [3.63, 3.8) is 0 Å². The second-order valence-electron chi connectivity index (χ2n) is 8.36. The zero-order valence-electron chi connectivity index (χ0n) is 19.6. The number of hydrogen-bond donors (Lipinski definition) is 2. The van der Waals surface area contributed by atoms with E-state index in [4.69, 9.17) is 0 Å². The highest BCUT2D eigenvalue weighted by molar-refractivity contribution is 7.92. The maximum absolute atomic E-state index is 13.1. The van der Waals surface area contributed by atoms with Gasteiger partial charge in [-0.15, -0.1) is 10.2 Å². The summed E-state index contributed by atoms with van der Waals surface area (Å²) in [5, 5.41) is 9.42. The first-order chi connectivity index (χ1) is 17.5. The lowest BCUT2D eigenvalue weighted by molar-refractivity contribution is 0.0983. The highest BCUT2D eigenvalue weighted by Crippen LogP contribution is 2.30. The zero-order valence-corrected chi connectivity index (χ0v) is 21.2. The van der Waals surface area contributed by atoms with E-state index in [-0.39, 0.29) is 5.56 Å². The normalized spacial score (nSPS) is 12.1. The molecule has 0 fully saturated rings. The van der Waals surface area contributed by atoms with Crippen LogP contribution in [0.2, 0.25) is 0 Å². The van der Waals surface area contributed by atoms with Gasteiger partial charge in [0, 0.05) is 16.6 Å². The number of carbonyl (C=O) groups excluding carboxylic acids is 1. The predicted octanol–water partition coefficient (Wildman–Crippen LogP) is 2.70. The number of para-hydroxylation sites is 1. The van der Waals surface area contributed by atoms with E-state index in [0.717, 1.165) is 12.5 Å². The largest absolute Gasteiger partial charge is 0.284 e. The lowest BCUT2D eigenvalue weighted by atomic mass is 10.0. The second-order valence-corrected chi connectivity index (χ2v) is 11.9. The molecule has 5 rings (SSSR count). The van der Waals surface area contributed by atoms with E-state index in [1.165, 1.54) is 10.9 Å². The third kappa shape index (κ3) is 5.27. The first-order valence-electron chi connectivity index (χ1n) is 10.8. The second kappa shape index (κ2) is 8.94. The maximum atomic E-state index is 13.1. The molecule has 2 aromatic heterocycles. The molecule has 13 heteroatoms. The van der Waals surface area contributed by atoms with Crippen LogP contribution in [0.5, 0.6) is 0 Å². The van der Waals surface area contributed by atoms with Crippen LogP contribution in [-0.2, 0) is 20.0 Å². The highest BCUT2D eigenvalue weighted by Gasteiger charge is 2.21. The third-order valence-electron chi connectivity index (χ3n) is 5.32. The van der Waals surface area contributed by atoms with Crippen molar-refractivity contribution in [1.82, 2.24) is 24.7 Å². The number of nitrogens with zero attached hydrogens (tertiary/aromatic N) is 4. The fraction of sp³-hybridized carbons (Fsp3) is 0.0833. The number of benzene rings is 3. The van der Waals surface area contributed by atoms with Gasteiger partial charge in [0.2, 0.25) is 20.0 Å². The van der Waals surface area contributed by atoms with Crippen molar-refractivity contribution in [1.29, 1.82) is 0 Å². The molecule has 2 N–H and O–H groups in total. The van der Waals surface area contributed by atoms with E-state index in [2.05, 4.69) is 19.9 Å². The molecule has 3 aromatic carbocycles. The zero-order chi connectivity index (χ0) is 26.4. The molecule has 5 aromatic rings. The minimum Gasteiger partial charge on any atom is -0.284 e. The molecule has 37 heavy (non-hydrogen) atoms. The molecule has 2 heterocycles. The van der Waals surface area contributed by atoms with Crippen LogP contribution in [0, 0.1) is 0 Å². The first kappa shape index (κ1) is 24.3. The van der Waals surface area contributed by atoms with Gasteiger partial charge >= 0.3 is 0 Å². The van der Waals surface area contributed by atoms with Crippen molar-refractivity contribution in [2.75, 3.05) is 17.2 Å². The topological polar surface area (TPSA) is 153 Å². The van der Waals surface area contributed by atoms with Gasteiger partial charge < -0.3 is 0 Å². The molecule has 188 valence electrons. The van der Waals surface area contributed by atoms with Gasteiger partial charge in [-0.05, 0) is 42.5 Å². The highest BCUT2D eigenvalue weighted by atomic mass is 32.2. The third-order valence-corrected chi connectivity index (χ3v) is 6.48. The number of nitrogens with one attached hydrogen (secondary N) is 2. The van der Waals surface area contributed by atoms with E-state index in [9.17, 15) is 21.6 Å². The Morgan fingerprint density at radius 2 is 1.49 bits per heavy atom. The fourth-order valence-corrected chi connectivity index (χ4v) is 4.86. The van der Waals surface area contributed by atoms with Crippen LogP contribution in [0.25, 0.3) is 38.9 Å². The number of carbonyl (C=O) groups is 1. The number of anilines is 1. The van der Waals surface area contributed by atoms with E-state index in [0.29, 0.717) is 44.6 Å². The quantitative estimate of drug-likeness (QED) is 0.336. The number of sulfonamides is 2. The van der Waals surface area contributed by atoms with Crippen LogP contribution in [0.3, 0.4) is 0 Å². The Morgan fingerprint density at radius 1 is 0.811 bits per heavy atom. The van der Waals surface area contributed by atoms with Crippen molar-refractivity contribution in [2.45, 2.75) is 0 Å². The Kier molecular flexibility index (Phi) is 5.88. The van der Waals surface area contributed by atoms with Gasteiger partial charge in [0.25, 0.3) is 5.91 Å². The van der Waals surface area contributed by atoms with E-state index >= 15 is 0 Å². The molecule has 0 bridgehead atoms. The van der Waals surface area contributed by atoms with Crippen LogP contribution in [-0.4, -0.2) is 55.2 Å². The Bertz CT molecular complexity index is 1890. The molecule has 0 aliphatic carbocycles. The molecular weight excluding hydrogens is 516 g/mol. The van der Waals surface area contributed by atoms with Gasteiger partial charge in [-0.1, -0.05) is 30.3 Å². The molecular formula is C24H20N6O5S2. The Morgan fingerprint density at radius 3 is 2.14 bits per heavy atom. The van der Waals surface area contributed by atoms with Crippen molar-refractivity contribution < 1.29 is 21.6 Å². The smallest absolute Gasteiger partial charge is 0.265 e. The summed E-state index contributed by atoms with van der Waals surface area (Å²) >= 11 is 0. The van der Waals surface area contributed by atoms with Gasteiger partial charge in [0.15, 0.2) is 0 Å².